The second kappa shape index (κ2) is 5.44. The predicted molar refractivity (Wildman–Crippen MR) is 91.4 cm³/mol. The van der Waals surface area contributed by atoms with E-state index < -0.39 is 0 Å². The summed E-state index contributed by atoms with van der Waals surface area (Å²) in [5.74, 6) is 2.58. The van der Waals surface area contributed by atoms with E-state index >= 15 is 0 Å². The summed E-state index contributed by atoms with van der Waals surface area (Å²) >= 11 is 1.69. The lowest BCUT2D eigenvalue weighted by Gasteiger charge is -2.27. The van der Waals surface area contributed by atoms with Crippen molar-refractivity contribution in [3.05, 3.63) is 11.4 Å². The van der Waals surface area contributed by atoms with Crippen LogP contribution in [-0.2, 0) is 0 Å². The summed E-state index contributed by atoms with van der Waals surface area (Å²) in [6.07, 6.45) is 1.25. The van der Waals surface area contributed by atoms with Crippen LogP contribution in [0.3, 0.4) is 0 Å². The monoisotopic (exact) mass is 304 g/mol. The Morgan fingerprint density at radius 3 is 2.86 bits per heavy atom. The van der Waals surface area contributed by atoms with Crippen molar-refractivity contribution in [3.63, 3.8) is 0 Å². The second-order valence-electron chi connectivity index (χ2n) is 6.84. The molecule has 4 nitrogen and oxygen atoms in total. The van der Waals surface area contributed by atoms with E-state index in [0.29, 0.717) is 5.41 Å². The first-order valence-corrected chi connectivity index (χ1v) is 8.61. The third-order valence-electron chi connectivity index (χ3n) is 4.35. The van der Waals surface area contributed by atoms with Gasteiger partial charge in [0, 0.05) is 19.6 Å². The quantitative estimate of drug-likeness (QED) is 0.930. The molecule has 1 atom stereocenters. The minimum Gasteiger partial charge on any atom is -0.356 e. The van der Waals surface area contributed by atoms with E-state index in [1.54, 1.807) is 11.3 Å². The summed E-state index contributed by atoms with van der Waals surface area (Å²) in [6, 6.07) is 2.15. The zero-order chi connectivity index (χ0) is 15.0. The number of hydrogen-bond donors (Lipinski definition) is 1. The normalized spacial score (nSPS) is 19.4. The molecule has 5 heteroatoms. The van der Waals surface area contributed by atoms with Gasteiger partial charge in [-0.15, -0.1) is 11.3 Å². The predicted octanol–water partition coefficient (Wildman–Crippen LogP) is 4.00. The van der Waals surface area contributed by atoms with Crippen LogP contribution in [0, 0.1) is 11.3 Å². The minimum atomic E-state index is 0.361. The van der Waals surface area contributed by atoms with Crippen LogP contribution in [0.15, 0.2) is 11.4 Å². The number of aromatic nitrogens is 2. The van der Waals surface area contributed by atoms with E-state index in [1.165, 1.54) is 11.8 Å². The Hall–Kier alpha value is -1.36. The fourth-order valence-corrected chi connectivity index (χ4v) is 3.74. The molecule has 1 aliphatic heterocycles. The molecular weight excluding hydrogens is 280 g/mol. The van der Waals surface area contributed by atoms with Crippen LogP contribution in [0.5, 0.6) is 0 Å². The Morgan fingerprint density at radius 1 is 1.38 bits per heavy atom. The molecule has 1 fully saturated rings. The lowest BCUT2D eigenvalue weighted by molar-refractivity contribution is 0.263. The second-order valence-corrected chi connectivity index (χ2v) is 7.73. The van der Waals surface area contributed by atoms with Gasteiger partial charge < -0.3 is 10.2 Å². The van der Waals surface area contributed by atoms with Gasteiger partial charge in [-0.25, -0.2) is 4.98 Å². The van der Waals surface area contributed by atoms with E-state index in [2.05, 4.69) is 54.3 Å². The SMILES string of the molecule is CCNc1nc(N2CCC(C(C)(C)C)C2)c2ccsc2n1. The average molecular weight is 304 g/mol. The van der Waals surface area contributed by atoms with Gasteiger partial charge in [0.25, 0.3) is 0 Å². The van der Waals surface area contributed by atoms with Gasteiger partial charge in [0.1, 0.15) is 10.6 Å². The molecule has 114 valence electrons. The van der Waals surface area contributed by atoms with Crippen LogP contribution in [0.2, 0.25) is 0 Å². The van der Waals surface area contributed by atoms with Gasteiger partial charge in [0.2, 0.25) is 5.95 Å². The molecule has 21 heavy (non-hydrogen) atoms. The first-order chi connectivity index (χ1) is 9.99. The van der Waals surface area contributed by atoms with E-state index in [4.69, 9.17) is 4.98 Å². The third-order valence-corrected chi connectivity index (χ3v) is 5.16. The van der Waals surface area contributed by atoms with Crippen LogP contribution in [0.25, 0.3) is 10.2 Å². The Morgan fingerprint density at radius 2 is 2.19 bits per heavy atom. The van der Waals surface area contributed by atoms with E-state index in [9.17, 15) is 0 Å². The van der Waals surface area contributed by atoms with Crippen molar-refractivity contribution in [3.8, 4) is 0 Å². The van der Waals surface area contributed by atoms with Crippen LogP contribution >= 0.6 is 11.3 Å². The van der Waals surface area contributed by atoms with Gasteiger partial charge in [-0.3, -0.25) is 0 Å². The molecule has 0 amide bonds. The van der Waals surface area contributed by atoms with Gasteiger partial charge in [-0.1, -0.05) is 20.8 Å². The van der Waals surface area contributed by atoms with Gasteiger partial charge >= 0.3 is 0 Å². The van der Waals surface area contributed by atoms with Crippen LogP contribution in [0.4, 0.5) is 11.8 Å². The van der Waals surface area contributed by atoms with Crippen molar-refractivity contribution < 1.29 is 0 Å². The average Bonchev–Trinajstić information content (AvgIpc) is 3.06. The van der Waals surface area contributed by atoms with Crippen LogP contribution in [-0.4, -0.2) is 29.6 Å². The molecule has 0 aromatic carbocycles. The summed E-state index contributed by atoms with van der Waals surface area (Å²) in [6.45, 7) is 12.1. The molecule has 0 spiro atoms. The molecule has 1 N–H and O–H groups in total. The number of hydrogen-bond acceptors (Lipinski definition) is 5. The Labute approximate surface area is 130 Å². The van der Waals surface area contributed by atoms with Crippen molar-refractivity contribution in [1.82, 2.24) is 9.97 Å². The number of nitrogens with one attached hydrogen (secondary N) is 1. The van der Waals surface area contributed by atoms with Crippen molar-refractivity contribution in [1.29, 1.82) is 0 Å². The molecule has 0 radical (unpaired) electrons. The molecule has 0 saturated carbocycles. The fourth-order valence-electron chi connectivity index (χ4n) is 2.98. The maximum absolute atomic E-state index is 4.77. The molecule has 3 heterocycles. The molecule has 1 saturated heterocycles. The third kappa shape index (κ3) is 2.84. The van der Waals surface area contributed by atoms with Crippen LogP contribution < -0.4 is 10.2 Å². The number of thiophene rings is 1. The first-order valence-electron chi connectivity index (χ1n) is 7.73. The molecule has 0 aliphatic carbocycles. The summed E-state index contributed by atoms with van der Waals surface area (Å²) in [5, 5.41) is 6.55. The van der Waals surface area contributed by atoms with Crippen molar-refractivity contribution in [2.75, 3.05) is 29.9 Å². The summed E-state index contributed by atoms with van der Waals surface area (Å²) < 4.78 is 0. The summed E-state index contributed by atoms with van der Waals surface area (Å²) in [4.78, 5) is 12.9. The Balaban J connectivity index is 1.94. The van der Waals surface area contributed by atoms with Gasteiger partial charge in [-0.05, 0) is 36.1 Å². The molecule has 1 aliphatic rings. The highest BCUT2D eigenvalue weighted by atomic mass is 32.1. The first kappa shape index (κ1) is 14.6. The molecular formula is C16H24N4S. The smallest absolute Gasteiger partial charge is 0.226 e. The largest absolute Gasteiger partial charge is 0.356 e. The molecule has 2 aromatic heterocycles. The number of rotatable bonds is 3. The van der Waals surface area contributed by atoms with Crippen molar-refractivity contribution in [2.24, 2.45) is 11.3 Å². The number of fused-ring (bicyclic) bond motifs is 1. The Kier molecular flexibility index (Phi) is 3.78. The maximum atomic E-state index is 4.77. The lowest BCUT2D eigenvalue weighted by atomic mass is 9.80. The number of nitrogens with zero attached hydrogens (tertiary/aromatic N) is 3. The number of anilines is 2. The Bertz CT molecular complexity index is 629. The van der Waals surface area contributed by atoms with E-state index in [-0.39, 0.29) is 0 Å². The lowest BCUT2D eigenvalue weighted by Crippen LogP contribution is -2.26. The van der Waals surface area contributed by atoms with Crippen molar-refractivity contribution >= 4 is 33.3 Å². The zero-order valence-electron chi connectivity index (χ0n) is 13.3. The maximum Gasteiger partial charge on any atom is 0.226 e. The highest BCUT2D eigenvalue weighted by Gasteiger charge is 2.33. The van der Waals surface area contributed by atoms with E-state index in [1.807, 2.05) is 0 Å². The highest BCUT2D eigenvalue weighted by Crippen LogP contribution is 2.37. The van der Waals surface area contributed by atoms with Gasteiger partial charge in [0.15, 0.2) is 0 Å². The fraction of sp³-hybridized carbons (Fsp3) is 0.625. The highest BCUT2D eigenvalue weighted by molar-refractivity contribution is 7.16. The van der Waals surface area contributed by atoms with Gasteiger partial charge in [-0.2, -0.15) is 4.98 Å². The topological polar surface area (TPSA) is 41.1 Å². The molecule has 1 unspecified atom stereocenters. The standard InChI is InChI=1S/C16H24N4S/c1-5-17-15-18-13(12-7-9-21-14(12)19-15)20-8-6-11(10-20)16(2,3)4/h7,9,11H,5-6,8,10H2,1-4H3,(H,17,18,19). The molecule has 3 rings (SSSR count). The zero-order valence-corrected chi connectivity index (χ0v) is 14.1. The molecule has 0 bridgehead atoms. The van der Waals surface area contributed by atoms with E-state index in [0.717, 1.165) is 42.1 Å². The molecule has 2 aromatic rings. The minimum absolute atomic E-state index is 0.361. The van der Waals surface area contributed by atoms with Crippen LogP contribution in [0.1, 0.15) is 34.1 Å². The summed E-state index contributed by atoms with van der Waals surface area (Å²) in [7, 11) is 0. The van der Waals surface area contributed by atoms with Gasteiger partial charge in [0.05, 0.1) is 5.39 Å². The summed E-state index contributed by atoms with van der Waals surface area (Å²) in [5.41, 5.74) is 0.361. The van der Waals surface area contributed by atoms with Crippen molar-refractivity contribution in [2.45, 2.75) is 34.1 Å².